The zero-order valence-electron chi connectivity index (χ0n) is 7.43. The van der Waals surface area contributed by atoms with Gasteiger partial charge in [0.1, 0.15) is 0 Å². The van der Waals surface area contributed by atoms with E-state index in [1.54, 1.807) is 0 Å². The summed E-state index contributed by atoms with van der Waals surface area (Å²) in [5, 5.41) is 2.64. The molecule has 0 unspecified atom stereocenters. The van der Waals surface area contributed by atoms with Gasteiger partial charge < -0.3 is 0 Å². The Bertz CT molecular complexity index is 210. The summed E-state index contributed by atoms with van der Waals surface area (Å²) in [7, 11) is 0. The van der Waals surface area contributed by atoms with Crippen molar-refractivity contribution >= 4 is 17.5 Å². The Morgan fingerprint density at radius 3 is 3.00 bits per heavy atom. The van der Waals surface area contributed by atoms with E-state index >= 15 is 0 Å². The molecule has 1 fully saturated rings. The van der Waals surface area contributed by atoms with Crippen LogP contribution in [0.5, 0.6) is 0 Å². The molecule has 0 aromatic heterocycles. The van der Waals surface area contributed by atoms with E-state index in [9.17, 15) is 4.79 Å². The summed E-state index contributed by atoms with van der Waals surface area (Å²) in [5.74, 6) is 2.85. The zero-order valence-corrected chi connectivity index (χ0v) is 7.25. The summed E-state index contributed by atoms with van der Waals surface area (Å²) >= 11 is 1.18. The Kier molecular flexibility index (Phi) is 2.93. The van der Waals surface area contributed by atoms with Gasteiger partial charge in [-0.25, -0.2) is 0 Å². The van der Waals surface area contributed by atoms with Crippen LogP contribution in [0.2, 0.25) is 0 Å². The van der Waals surface area contributed by atoms with Crippen molar-refractivity contribution in [2.45, 2.75) is 25.7 Å². The third-order valence-electron chi connectivity index (χ3n) is 1.97. The summed E-state index contributed by atoms with van der Waals surface area (Å²) in [6, 6.07) is 0. The first-order valence-electron chi connectivity index (χ1n) is 4.51. The van der Waals surface area contributed by atoms with Gasteiger partial charge in [0.15, 0.2) is 0 Å². The van der Waals surface area contributed by atoms with Crippen LogP contribution in [0.15, 0.2) is 0 Å². The van der Waals surface area contributed by atoms with Crippen LogP contribution >= 0.6 is 11.8 Å². The van der Waals surface area contributed by atoms with E-state index < -0.39 is 0 Å². The van der Waals surface area contributed by atoms with Crippen LogP contribution < -0.4 is 0 Å². The number of ketones is 1. The molecule has 0 aliphatic heterocycles. The third-order valence-corrected chi connectivity index (χ3v) is 2.22. The van der Waals surface area contributed by atoms with Gasteiger partial charge in [0.2, 0.25) is 5.78 Å². The van der Waals surface area contributed by atoms with E-state index in [0.717, 1.165) is 12.8 Å². The van der Waals surface area contributed by atoms with Crippen LogP contribution in [0.1, 0.15) is 27.1 Å². The summed E-state index contributed by atoms with van der Waals surface area (Å²) < 4.78 is 6.81. The first kappa shape index (κ1) is 7.24. The molecular formula is C9H12OS. The van der Waals surface area contributed by atoms with E-state index in [-0.39, 0.29) is 17.9 Å². The summed E-state index contributed by atoms with van der Waals surface area (Å²) in [5.41, 5.74) is 0. The number of Topliss-reactive ketones (excluding diaryl/α,β-unsaturated/α-hetero) is 1. The molecule has 0 radical (unpaired) electrons. The molecule has 0 spiro atoms. The minimum atomic E-state index is 0.0773. The highest BCUT2D eigenvalue weighted by atomic mass is 32.2. The van der Waals surface area contributed by atoms with Crippen LogP contribution in [0.25, 0.3) is 0 Å². The molecular weight excluding hydrogens is 156 g/mol. The van der Waals surface area contributed by atoms with E-state index in [0.29, 0.717) is 0 Å². The predicted octanol–water partition coefficient (Wildman–Crippen LogP) is 2.07. The van der Waals surface area contributed by atoms with Gasteiger partial charge >= 0.3 is 0 Å². The zero-order chi connectivity index (χ0) is 8.81. The lowest BCUT2D eigenvalue weighted by atomic mass is 10.0. The van der Waals surface area contributed by atoms with Gasteiger partial charge in [-0.3, -0.25) is 4.79 Å². The molecule has 0 aromatic carbocycles. The van der Waals surface area contributed by atoms with Crippen LogP contribution in [-0.4, -0.2) is 12.0 Å². The topological polar surface area (TPSA) is 17.1 Å². The number of carbonyl (C=O) groups excluding carboxylic acids is 1. The van der Waals surface area contributed by atoms with Crippen molar-refractivity contribution < 1.29 is 6.17 Å². The first-order valence-corrected chi connectivity index (χ1v) is 4.79. The molecule has 1 nitrogen and oxygen atoms in total. The SMILES string of the molecule is [3H]CSC#CC(=O)C1CCCC1. The average Bonchev–Trinajstić information content (AvgIpc) is 2.56. The highest BCUT2D eigenvalue weighted by molar-refractivity contribution is 8.03. The molecule has 11 heavy (non-hydrogen) atoms. The number of carbonyl (C=O) groups is 1. The van der Waals surface area contributed by atoms with E-state index in [4.69, 9.17) is 1.37 Å². The Morgan fingerprint density at radius 1 is 1.64 bits per heavy atom. The fourth-order valence-electron chi connectivity index (χ4n) is 1.38. The molecule has 1 aliphatic rings. The van der Waals surface area contributed by atoms with Gasteiger partial charge in [-0.15, -0.1) is 0 Å². The molecule has 60 valence electrons. The molecule has 0 N–H and O–H groups in total. The summed E-state index contributed by atoms with van der Waals surface area (Å²) in [6.45, 7) is 0. The molecule has 0 bridgehead atoms. The highest BCUT2D eigenvalue weighted by Crippen LogP contribution is 2.24. The minimum absolute atomic E-state index is 0.0773. The monoisotopic (exact) mass is 170 g/mol. The second-order valence-electron chi connectivity index (χ2n) is 2.72. The first-order chi connectivity index (χ1) is 5.84. The van der Waals surface area contributed by atoms with E-state index in [2.05, 4.69) is 11.2 Å². The van der Waals surface area contributed by atoms with Crippen molar-refractivity contribution in [3.05, 3.63) is 0 Å². The maximum Gasteiger partial charge on any atom is 0.209 e. The van der Waals surface area contributed by atoms with Crippen molar-refractivity contribution in [3.63, 3.8) is 0 Å². The predicted molar refractivity (Wildman–Crippen MR) is 48.3 cm³/mol. The van der Waals surface area contributed by atoms with Gasteiger partial charge in [0, 0.05) is 7.29 Å². The molecule has 1 saturated carbocycles. The van der Waals surface area contributed by atoms with Crippen molar-refractivity contribution in [2.24, 2.45) is 5.92 Å². The largest absolute Gasteiger partial charge is 0.285 e. The minimum Gasteiger partial charge on any atom is -0.285 e. The fourth-order valence-corrected chi connectivity index (χ4v) is 1.55. The lowest BCUT2D eigenvalue weighted by Crippen LogP contribution is -2.06. The van der Waals surface area contributed by atoms with Crippen LogP contribution in [0.4, 0.5) is 0 Å². The van der Waals surface area contributed by atoms with Crippen LogP contribution in [-0.2, 0) is 4.79 Å². The van der Waals surface area contributed by atoms with Gasteiger partial charge in [0.05, 0.1) is 0 Å². The number of hydrogen-bond acceptors (Lipinski definition) is 2. The fraction of sp³-hybridized carbons (Fsp3) is 0.667. The molecule has 2 heteroatoms. The van der Waals surface area contributed by atoms with Gasteiger partial charge in [-0.05, 0) is 30.2 Å². The molecule has 1 aliphatic carbocycles. The average molecular weight is 170 g/mol. The Hall–Kier alpha value is -0.420. The maximum atomic E-state index is 11.3. The van der Waals surface area contributed by atoms with E-state index in [1.165, 1.54) is 24.6 Å². The third kappa shape index (κ3) is 2.59. The number of thioether (sulfide) groups is 1. The van der Waals surface area contributed by atoms with Crippen molar-refractivity contribution in [1.29, 1.82) is 0 Å². The van der Waals surface area contributed by atoms with Crippen molar-refractivity contribution in [2.75, 3.05) is 6.23 Å². The number of hydrogen-bond donors (Lipinski definition) is 0. The summed E-state index contributed by atoms with van der Waals surface area (Å²) in [4.78, 5) is 11.3. The van der Waals surface area contributed by atoms with Crippen molar-refractivity contribution in [1.82, 2.24) is 0 Å². The molecule has 0 heterocycles. The molecule has 0 amide bonds. The van der Waals surface area contributed by atoms with E-state index in [1.807, 2.05) is 0 Å². The Morgan fingerprint density at radius 2 is 2.36 bits per heavy atom. The lowest BCUT2D eigenvalue weighted by molar-refractivity contribution is -0.117. The normalized spacial score (nSPS) is 18.7. The van der Waals surface area contributed by atoms with Crippen molar-refractivity contribution in [3.8, 4) is 11.2 Å². The Balaban J connectivity index is 2.33. The maximum absolute atomic E-state index is 11.3. The van der Waals surface area contributed by atoms with Crippen LogP contribution in [0, 0.1) is 17.1 Å². The molecule has 0 aromatic rings. The Labute approximate surface area is 73.3 Å². The molecule has 0 saturated heterocycles. The standard InChI is InChI=1S/C9H12OS/c1-11-7-6-9(10)8-4-2-3-5-8/h8H,2-5H2,1H3/i1T. The quantitative estimate of drug-likeness (QED) is 0.560. The summed E-state index contributed by atoms with van der Waals surface area (Å²) in [6.07, 6.45) is 4.58. The molecule has 1 rings (SSSR count). The lowest BCUT2D eigenvalue weighted by Gasteiger charge is -1.98. The smallest absolute Gasteiger partial charge is 0.209 e. The van der Waals surface area contributed by atoms with Crippen LogP contribution in [0.3, 0.4) is 0 Å². The van der Waals surface area contributed by atoms with Gasteiger partial charge in [0.25, 0.3) is 0 Å². The molecule has 0 atom stereocenters. The second kappa shape index (κ2) is 4.46. The van der Waals surface area contributed by atoms with Gasteiger partial charge in [-0.2, -0.15) is 0 Å². The second-order valence-corrected chi connectivity index (χ2v) is 3.21. The highest BCUT2D eigenvalue weighted by Gasteiger charge is 2.20. The van der Waals surface area contributed by atoms with Gasteiger partial charge in [-0.1, -0.05) is 24.6 Å². The number of rotatable bonds is 1.